The van der Waals surface area contributed by atoms with Crippen LogP contribution in [0.5, 0.6) is 0 Å². The predicted molar refractivity (Wildman–Crippen MR) is 217 cm³/mol. The molecule has 320 valence electrons. The van der Waals surface area contributed by atoms with Crippen molar-refractivity contribution in [2.45, 2.75) is 213 Å². The van der Waals surface area contributed by atoms with Crippen molar-refractivity contribution in [3.05, 3.63) is 0 Å². The van der Waals surface area contributed by atoms with Crippen LogP contribution in [-0.2, 0) is 43.7 Å². The number of hydrogen-bond acceptors (Lipinski definition) is 10. The third-order valence-corrected chi connectivity index (χ3v) is 9.57. The fraction of sp³-hybridized carbons (Fsp3) is 1.00. The zero-order valence-electron chi connectivity index (χ0n) is 34.0. The predicted octanol–water partition coefficient (Wildman–Crippen LogP) is 7.95. The van der Waals surface area contributed by atoms with E-state index in [2.05, 4.69) is 33.3 Å². The molecular formula is C36H79NaO12S4. The van der Waals surface area contributed by atoms with E-state index in [1.165, 1.54) is 135 Å². The topological polar surface area (TPSA) is 194 Å². The van der Waals surface area contributed by atoms with Crippen molar-refractivity contribution in [1.29, 1.82) is 0 Å². The first-order valence-corrected chi connectivity index (χ1v) is 24.1. The van der Waals surface area contributed by atoms with Crippen LogP contribution in [0.2, 0.25) is 0 Å². The quantitative estimate of drug-likeness (QED) is 0.0268. The first-order chi connectivity index (χ1) is 24.2. The van der Waals surface area contributed by atoms with Gasteiger partial charge in [-0.25, -0.2) is 16.8 Å². The Bertz CT molecular complexity index is 887. The molecule has 0 spiro atoms. The molecule has 0 aromatic carbocycles. The smallest absolute Gasteiger partial charge is 0.726 e. The van der Waals surface area contributed by atoms with E-state index in [9.17, 15) is 29.8 Å². The van der Waals surface area contributed by atoms with Gasteiger partial charge in [-0.3, -0.25) is 13.3 Å². The summed E-state index contributed by atoms with van der Waals surface area (Å²) >= 11 is 0. The van der Waals surface area contributed by atoms with Gasteiger partial charge in [-0.05, 0) is 19.3 Å². The molecule has 17 heteroatoms. The van der Waals surface area contributed by atoms with E-state index >= 15 is 0 Å². The van der Waals surface area contributed by atoms with Gasteiger partial charge in [0.25, 0.3) is 0 Å². The normalized spacial score (nSPS) is 11.4. The summed E-state index contributed by atoms with van der Waals surface area (Å²) in [7, 11) is -13.0. The second-order valence-electron chi connectivity index (χ2n) is 13.3. The molecule has 0 saturated heterocycles. The van der Waals surface area contributed by atoms with Crippen LogP contribution in [0.4, 0.5) is 0 Å². The largest absolute Gasteiger partial charge is 1.00 e. The summed E-state index contributed by atoms with van der Waals surface area (Å²) in [6.07, 6.45) is 35.4. The van der Waals surface area contributed by atoms with Gasteiger partial charge < -0.3 is 4.55 Å². The zero-order valence-corrected chi connectivity index (χ0v) is 39.5. The standard InChI is InChI=1S/3C12H26O4S.Na.H2S/c3*1-2-3-4-5-6-7-8-9-10-11-12-16-17(13,14)15;;/h3*2-12H2,1H3,(H,13,14,15);;1H2/q;;;+1;/p-1. The molecule has 0 aromatic heterocycles. The van der Waals surface area contributed by atoms with Crippen molar-refractivity contribution in [1.82, 2.24) is 0 Å². The molecule has 0 amide bonds. The van der Waals surface area contributed by atoms with Crippen molar-refractivity contribution in [3.8, 4) is 0 Å². The van der Waals surface area contributed by atoms with Gasteiger partial charge in [0.1, 0.15) is 0 Å². The summed E-state index contributed by atoms with van der Waals surface area (Å²) < 4.78 is 100. The molecule has 0 aliphatic heterocycles. The van der Waals surface area contributed by atoms with Crippen LogP contribution in [0.15, 0.2) is 0 Å². The Balaban J connectivity index is -0.000000213. The zero-order chi connectivity index (χ0) is 39.0. The summed E-state index contributed by atoms with van der Waals surface area (Å²) in [5.74, 6) is 0. The molecule has 0 aromatic rings. The van der Waals surface area contributed by atoms with E-state index in [-0.39, 0.29) is 62.9 Å². The Kier molecular flexibility index (Phi) is 56.4. The van der Waals surface area contributed by atoms with E-state index in [0.29, 0.717) is 19.3 Å². The molecule has 0 unspecified atom stereocenters. The molecule has 0 atom stereocenters. The summed E-state index contributed by atoms with van der Waals surface area (Å²) in [5.41, 5.74) is 0. The maximum atomic E-state index is 10.2. The van der Waals surface area contributed by atoms with Crippen LogP contribution < -0.4 is 29.6 Å². The van der Waals surface area contributed by atoms with Crippen molar-refractivity contribution in [2.75, 3.05) is 19.8 Å². The molecule has 12 nitrogen and oxygen atoms in total. The van der Waals surface area contributed by atoms with Gasteiger partial charge in [0.05, 0.1) is 19.8 Å². The van der Waals surface area contributed by atoms with Gasteiger partial charge in [-0.1, -0.05) is 194 Å². The van der Waals surface area contributed by atoms with E-state index in [4.69, 9.17) is 9.11 Å². The van der Waals surface area contributed by atoms with Gasteiger partial charge in [0.15, 0.2) is 0 Å². The summed E-state index contributed by atoms with van der Waals surface area (Å²) in [5, 5.41) is 0. The molecule has 53 heavy (non-hydrogen) atoms. The van der Waals surface area contributed by atoms with Gasteiger partial charge >= 0.3 is 50.4 Å². The SMILES string of the molecule is CCCCCCCCCCCCOS(=O)(=O)O.CCCCCCCCCCCCOS(=O)(=O)O.CCCCCCCCCCCCOS(=O)(=O)[O-].S.[Na+]. The molecule has 0 aliphatic rings. The second-order valence-corrected chi connectivity index (χ2v) is 16.5. The number of hydrogen-bond donors (Lipinski definition) is 2. The fourth-order valence-corrected chi connectivity index (χ4v) is 6.24. The Morgan fingerprint density at radius 2 is 0.528 bits per heavy atom. The van der Waals surface area contributed by atoms with Crippen LogP contribution in [0, 0.1) is 0 Å². The first-order valence-electron chi connectivity index (χ1n) is 20.0. The van der Waals surface area contributed by atoms with Crippen molar-refractivity contribution in [3.63, 3.8) is 0 Å². The van der Waals surface area contributed by atoms with E-state index in [1.54, 1.807) is 0 Å². The summed E-state index contributed by atoms with van der Waals surface area (Å²) in [6, 6.07) is 0. The first kappa shape index (κ1) is 63.1. The fourth-order valence-electron chi connectivity index (χ4n) is 5.26. The minimum atomic E-state index is -4.48. The third kappa shape index (κ3) is 74.5. The third-order valence-electron chi connectivity index (χ3n) is 8.19. The maximum absolute atomic E-state index is 10.2. The van der Waals surface area contributed by atoms with Gasteiger partial charge in [0, 0.05) is 0 Å². The van der Waals surface area contributed by atoms with Crippen LogP contribution in [0.1, 0.15) is 213 Å². The summed E-state index contributed by atoms with van der Waals surface area (Å²) in [6.45, 7) is 6.86. The maximum Gasteiger partial charge on any atom is 1.00 e. The molecule has 2 N–H and O–H groups in total. The molecule has 0 aliphatic carbocycles. The molecular weight excluding hydrogens is 776 g/mol. The van der Waals surface area contributed by atoms with Crippen molar-refractivity contribution < 1.29 is 81.0 Å². The Labute approximate surface area is 356 Å². The summed E-state index contributed by atoms with van der Waals surface area (Å²) in [4.78, 5) is 0. The number of rotatable bonds is 36. The molecule has 0 heterocycles. The molecule has 0 saturated carbocycles. The van der Waals surface area contributed by atoms with Crippen LogP contribution >= 0.6 is 13.5 Å². The monoisotopic (exact) mass is 854 g/mol. The van der Waals surface area contributed by atoms with Crippen LogP contribution in [0.25, 0.3) is 0 Å². The van der Waals surface area contributed by atoms with Gasteiger partial charge in [-0.2, -0.15) is 30.3 Å². The van der Waals surface area contributed by atoms with E-state index in [0.717, 1.165) is 38.5 Å². The van der Waals surface area contributed by atoms with Crippen LogP contribution in [-0.4, -0.2) is 58.7 Å². The van der Waals surface area contributed by atoms with Crippen LogP contribution in [0.3, 0.4) is 0 Å². The Morgan fingerprint density at radius 3 is 0.698 bits per heavy atom. The Morgan fingerprint density at radius 1 is 0.358 bits per heavy atom. The van der Waals surface area contributed by atoms with Crippen molar-refractivity contribution >= 4 is 44.7 Å². The van der Waals surface area contributed by atoms with Crippen molar-refractivity contribution in [2.24, 2.45) is 0 Å². The molecule has 0 rings (SSSR count). The molecule has 0 radical (unpaired) electrons. The molecule has 0 bridgehead atoms. The van der Waals surface area contributed by atoms with E-state index < -0.39 is 31.2 Å². The Hall–Kier alpha value is 0.960. The minimum Gasteiger partial charge on any atom is -0.726 e. The number of unbranched alkanes of at least 4 members (excludes halogenated alkanes) is 27. The minimum absolute atomic E-state index is 0. The van der Waals surface area contributed by atoms with Gasteiger partial charge in [-0.15, -0.1) is 0 Å². The van der Waals surface area contributed by atoms with E-state index in [1.807, 2.05) is 0 Å². The second kappa shape index (κ2) is 47.3. The van der Waals surface area contributed by atoms with Gasteiger partial charge in [0.2, 0.25) is 10.4 Å². The molecule has 0 fully saturated rings. The average Bonchev–Trinajstić information content (AvgIpc) is 3.04. The average molecular weight is 855 g/mol.